The van der Waals surface area contributed by atoms with Gasteiger partial charge in [0.1, 0.15) is 5.82 Å². The Balaban J connectivity index is 2.14. The van der Waals surface area contributed by atoms with Crippen LogP contribution in [0.4, 0.5) is 5.82 Å². The molecule has 0 aliphatic rings. The number of fused-ring (bicyclic) bond motifs is 1. The fraction of sp³-hybridized carbons (Fsp3) is 0.278. The van der Waals surface area contributed by atoms with E-state index in [9.17, 15) is 0 Å². The van der Waals surface area contributed by atoms with Gasteiger partial charge in [-0.15, -0.1) is 0 Å². The van der Waals surface area contributed by atoms with Crippen LogP contribution >= 0.6 is 0 Å². The van der Waals surface area contributed by atoms with Gasteiger partial charge in [0.2, 0.25) is 0 Å². The minimum absolute atomic E-state index is 0.661. The van der Waals surface area contributed by atoms with Crippen LogP contribution in [0.15, 0.2) is 48.8 Å². The quantitative estimate of drug-likeness (QED) is 0.700. The minimum Gasteiger partial charge on any atom is -0.383 e. The van der Waals surface area contributed by atoms with Gasteiger partial charge < -0.3 is 9.64 Å². The standard InChI is InChI=1S/C18H20N4O/c1-3-22(11-12-23-2)18-15-8-4-5-9-16(15)20-17(21-18)14-7-6-10-19-13-14/h4-10,13H,3,11-12H2,1-2H3. The van der Waals surface area contributed by atoms with E-state index in [1.807, 2.05) is 30.3 Å². The van der Waals surface area contributed by atoms with Crippen LogP contribution in [-0.4, -0.2) is 41.8 Å². The summed E-state index contributed by atoms with van der Waals surface area (Å²) in [6, 6.07) is 12.0. The highest BCUT2D eigenvalue weighted by molar-refractivity contribution is 5.91. The van der Waals surface area contributed by atoms with Gasteiger partial charge in [0.25, 0.3) is 0 Å². The Hall–Kier alpha value is -2.53. The lowest BCUT2D eigenvalue weighted by atomic mass is 10.2. The number of hydrogen-bond acceptors (Lipinski definition) is 5. The minimum atomic E-state index is 0.661. The number of hydrogen-bond donors (Lipinski definition) is 0. The Morgan fingerprint density at radius 2 is 1.96 bits per heavy atom. The lowest BCUT2D eigenvalue weighted by molar-refractivity contribution is 0.205. The molecule has 0 saturated heterocycles. The molecule has 0 aliphatic carbocycles. The first kappa shape index (κ1) is 15.4. The summed E-state index contributed by atoms with van der Waals surface area (Å²) in [5.41, 5.74) is 1.86. The van der Waals surface area contributed by atoms with E-state index < -0.39 is 0 Å². The Labute approximate surface area is 136 Å². The molecule has 0 fully saturated rings. The normalized spacial score (nSPS) is 10.9. The number of nitrogens with zero attached hydrogens (tertiary/aromatic N) is 4. The second kappa shape index (κ2) is 7.15. The van der Waals surface area contributed by atoms with Crippen LogP contribution in [0.25, 0.3) is 22.3 Å². The summed E-state index contributed by atoms with van der Waals surface area (Å²) >= 11 is 0. The molecule has 0 spiro atoms. The van der Waals surface area contributed by atoms with E-state index in [-0.39, 0.29) is 0 Å². The average Bonchev–Trinajstić information content (AvgIpc) is 2.62. The van der Waals surface area contributed by atoms with Crippen LogP contribution in [0, 0.1) is 0 Å². The van der Waals surface area contributed by atoms with Crippen molar-refractivity contribution in [1.82, 2.24) is 15.0 Å². The third-order valence-corrected chi connectivity index (χ3v) is 3.75. The largest absolute Gasteiger partial charge is 0.383 e. The number of pyridine rings is 1. The summed E-state index contributed by atoms with van der Waals surface area (Å²) < 4.78 is 5.23. The summed E-state index contributed by atoms with van der Waals surface area (Å²) in [4.78, 5) is 15.9. The average molecular weight is 308 g/mol. The molecule has 0 amide bonds. The van der Waals surface area contributed by atoms with Crippen LogP contribution in [0.3, 0.4) is 0 Å². The Bertz CT molecular complexity index is 776. The molecule has 5 heteroatoms. The Kier molecular flexibility index (Phi) is 4.78. The number of aromatic nitrogens is 3. The number of rotatable bonds is 6. The van der Waals surface area contributed by atoms with Crippen molar-refractivity contribution in [2.24, 2.45) is 0 Å². The fourth-order valence-corrected chi connectivity index (χ4v) is 2.54. The van der Waals surface area contributed by atoms with Crippen molar-refractivity contribution < 1.29 is 4.74 Å². The highest BCUT2D eigenvalue weighted by Crippen LogP contribution is 2.27. The molecule has 23 heavy (non-hydrogen) atoms. The van der Waals surface area contributed by atoms with Crippen molar-refractivity contribution in [2.45, 2.75) is 6.92 Å². The van der Waals surface area contributed by atoms with Gasteiger partial charge >= 0.3 is 0 Å². The van der Waals surface area contributed by atoms with Crippen molar-refractivity contribution in [1.29, 1.82) is 0 Å². The monoisotopic (exact) mass is 308 g/mol. The SMILES string of the molecule is CCN(CCOC)c1nc(-c2cccnc2)nc2ccccc12. The van der Waals surface area contributed by atoms with Crippen molar-refractivity contribution in [3.05, 3.63) is 48.8 Å². The van der Waals surface area contributed by atoms with Gasteiger partial charge in [-0.1, -0.05) is 12.1 Å². The molecule has 2 aromatic heterocycles. The molecule has 3 rings (SSSR count). The zero-order valence-electron chi connectivity index (χ0n) is 13.4. The molecule has 0 radical (unpaired) electrons. The van der Waals surface area contributed by atoms with Crippen molar-refractivity contribution >= 4 is 16.7 Å². The van der Waals surface area contributed by atoms with Crippen LogP contribution in [0.5, 0.6) is 0 Å². The molecule has 0 unspecified atom stereocenters. The summed E-state index contributed by atoms with van der Waals surface area (Å²) in [5.74, 6) is 1.64. The molecule has 0 atom stereocenters. The summed E-state index contributed by atoms with van der Waals surface area (Å²) in [5, 5.41) is 1.05. The highest BCUT2D eigenvalue weighted by Gasteiger charge is 2.14. The number of likely N-dealkylation sites (N-methyl/N-ethyl adjacent to an activating group) is 1. The molecular formula is C18H20N4O. The molecule has 5 nitrogen and oxygen atoms in total. The van der Waals surface area contributed by atoms with E-state index in [1.54, 1.807) is 19.5 Å². The maximum Gasteiger partial charge on any atom is 0.163 e. The van der Waals surface area contributed by atoms with Gasteiger partial charge in [-0.25, -0.2) is 9.97 Å². The second-order valence-electron chi connectivity index (χ2n) is 5.20. The first-order valence-corrected chi connectivity index (χ1v) is 7.74. The van der Waals surface area contributed by atoms with Crippen molar-refractivity contribution in [2.75, 3.05) is 31.7 Å². The lowest BCUT2D eigenvalue weighted by Crippen LogP contribution is -2.28. The molecular weight excluding hydrogens is 288 g/mol. The van der Waals surface area contributed by atoms with E-state index in [2.05, 4.69) is 22.9 Å². The highest BCUT2D eigenvalue weighted by atomic mass is 16.5. The molecule has 0 aliphatic heterocycles. The first-order chi connectivity index (χ1) is 11.3. The third-order valence-electron chi connectivity index (χ3n) is 3.75. The molecule has 0 saturated carbocycles. The van der Waals surface area contributed by atoms with E-state index in [4.69, 9.17) is 14.7 Å². The zero-order valence-corrected chi connectivity index (χ0v) is 13.4. The number of ether oxygens (including phenoxy) is 1. The topological polar surface area (TPSA) is 51.1 Å². The maximum absolute atomic E-state index is 5.23. The van der Waals surface area contributed by atoms with Crippen molar-refractivity contribution in [3.63, 3.8) is 0 Å². The summed E-state index contributed by atoms with van der Waals surface area (Å²) in [6.45, 7) is 4.43. The van der Waals surface area contributed by atoms with E-state index in [1.165, 1.54) is 0 Å². The predicted molar refractivity (Wildman–Crippen MR) is 92.5 cm³/mol. The summed E-state index contributed by atoms with van der Waals surface area (Å²) in [6.07, 6.45) is 3.54. The Morgan fingerprint density at radius 1 is 1.09 bits per heavy atom. The third kappa shape index (κ3) is 3.29. The fourth-order valence-electron chi connectivity index (χ4n) is 2.54. The van der Waals surface area contributed by atoms with Gasteiger partial charge in [-0.2, -0.15) is 0 Å². The number of para-hydroxylation sites is 1. The van der Waals surface area contributed by atoms with E-state index in [0.717, 1.165) is 35.4 Å². The van der Waals surface area contributed by atoms with Crippen LogP contribution in [-0.2, 0) is 4.74 Å². The molecule has 3 aromatic rings. The van der Waals surface area contributed by atoms with E-state index in [0.29, 0.717) is 12.4 Å². The van der Waals surface area contributed by atoms with Crippen molar-refractivity contribution in [3.8, 4) is 11.4 Å². The number of anilines is 1. The molecule has 0 bridgehead atoms. The Morgan fingerprint density at radius 3 is 2.70 bits per heavy atom. The van der Waals surface area contributed by atoms with Gasteiger partial charge in [-0.3, -0.25) is 4.98 Å². The van der Waals surface area contributed by atoms with Gasteiger partial charge in [0.05, 0.1) is 12.1 Å². The summed E-state index contributed by atoms with van der Waals surface area (Å²) in [7, 11) is 1.72. The lowest BCUT2D eigenvalue weighted by Gasteiger charge is -2.23. The second-order valence-corrected chi connectivity index (χ2v) is 5.20. The van der Waals surface area contributed by atoms with Crippen LogP contribution in [0.2, 0.25) is 0 Å². The first-order valence-electron chi connectivity index (χ1n) is 7.74. The molecule has 118 valence electrons. The van der Waals surface area contributed by atoms with Gasteiger partial charge in [0, 0.05) is 43.5 Å². The molecule has 1 aromatic carbocycles. The zero-order chi connectivity index (χ0) is 16.1. The number of benzene rings is 1. The predicted octanol–water partition coefficient (Wildman–Crippen LogP) is 3.16. The van der Waals surface area contributed by atoms with Crippen LogP contribution in [0.1, 0.15) is 6.92 Å². The molecule has 0 N–H and O–H groups in total. The van der Waals surface area contributed by atoms with E-state index >= 15 is 0 Å². The smallest absolute Gasteiger partial charge is 0.163 e. The van der Waals surface area contributed by atoms with Gasteiger partial charge in [-0.05, 0) is 31.2 Å². The number of methoxy groups -OCH3 is 1. The molecule has 2 heterocycles. The van der Waals surface area contributed by atoms with Crippen LogP contribution < -0.4 is 4.90 Å². The maximum atomic E-state index is 5.23. The van der Waals surface area contributed by atoms with Gasteiger partial charge in [0.15, 0.2) is 5.82 Å².